The molecule has 1 aromatic heterocycles. The summed E-state index contributed by atoms with van der Waals surface area (Å²) in [7, 11) is -2.00. The maximum absolute atomic E-state index is 12.9. The number of amides is 1. The van der Waals surface area contributed by atoms with Gasteiger partial charge in [-0.25, -0.2) is 4.98 Å². The molecule has 2 aromatic rings. The van der Waals surface area contributed by atoms with Crippen LogP contribution in [0.1, 0.15) is 34.6 Å². The van der Waals surface area contributed by atoms with Crippen molar-refractivity contribution in [2.24, 2.45) is 11.8 Å². The van der Waals surface area contributed by atoms with Gasteiger partial charge in [0, 0.05) is 11.3 Å². The topological polar surface area (TPSA) is 68.3 Å². The molecule has 1 aromatic carbocycles. The van der Waals surface area contributed by atoms with E-state index in [1.54, 1.807) is 0 Å². The van der Waals surface area contributed by atoms with E-state index in [0.717, 1.165) is 22.7 Å². The van der Waals surface area contributed by atoms with E-state index in [1.165, 1.54) is 0 Å². The number of aromatic nitrogens is 1. The van der Waals surface area contributed by atoms with Gasteiger partial charge in [0.15, 0.2) is 13.4 Å². The zero-order chi connectivity index (χ0) is 22.3. The third-order valence-electron chi connectivity index (χ3n) is 6.48. The van der Waals surface area contributed by atoms with E-state index in [0.29, 0.717) is 5.03 Å². The Morgan fingerprint density at radius 3 is 2.47 bits per heavy atom. The third kappa shape index (κ3) is 4.63. The van der Waals surface area contributed by atoms with E-state index >= 15 is 0 Å². The molecular formula is C23H32N2O3SSi. The SMILES string of the molecule is CC(O[Si](C)(C)C(C)(C)C)C1C(=O)NC1C(C)C(=O)Sc1ccc2ccccc2n1. The van der Waals surface area contributed by atoms with E-state index in [4.69, 9.17) is 4.43 Å². The lowest BCUT2D eigenvalue weighted by molar-refractivity contribution is -0.143. The monoisotopic (exact) mass is 444 g/mol. The van der Waals surface area contributed by atoms with E-state index in [-0.39, 0.29) is 40.0 Å². The van der Waals surface area contributed by atoms with Crippen molar-refractivity contribution in [3.05, 3.63) is 36.4 Å². The minimum atomic E-state index is -2.00. The van der Waals surface area contributed by atoms with E-state index in [9.17, 15) is 9.59 Å². The predicted molar refractivity (Wildman–Crippen MR) is 125 cm³/mol. The van der Waals surface area contributed by atoms with Crippen molar-refractivity contribution in [1.29, 1.82) is 0 Å². The Bertz CT molecular complexity index is 957. The van der Waals surface area contributed by atoms with Crippen LogP contribution in [0.4, 0.5) is 0 Å². The number of para-hydroxylation sites is 1. The van der Waals surface area contributed by atoms with Crippen LogP contribution in [0, 0.1) is 11.8 Å². The molecular weight excluding hydrogens is 412 g/mol. The number of thioether (sulfide) groups is 1. The molecule has 0 saturated carbocycles. The summed E-state index contributed by atoms with van der Waals surface area (Å²) in [6.45, 7) is 14.8. The number of hydrogen-bond acceptors (Lipinski definition) is 5. The lowest BCUT2D eigenvalue weighted by Crippen LogP contribution is -2.66. The minimum absolute atomic E-state index is 0.00677. The van der Waals surface area contributed by atoms with Crippen molar-refractivity contribution in [1.82, 2.24) is 10.3 Å². The number of carbonyl (C=O) groups excluding carboxylic acids is 2. The second-order valence-corrected chi connectivity index (χ2v) is 15.5. The van der Waals surface area contributed by atoms with Gasteiger partial charge in [0.1, 0.15) is 5.03 Å². The lowest BCUT2D eigenvalue weighted by atomic mass is 9.79. The molecule has 1 aliphatic heterocycles. The predicted octanol–water partition coefficient (Wildman–Crippen LogP) is 5.01. The smallest absolute Gasteiger partial charge is 0.228 e. The summed E-state index contributed by atoms with van der Waals surface area (Å²) in [5.74, 6) is -0.653. The van der Waals surface area contributed by atoms with Crippen molar-refractivity contribution in [3.8, 4) is 0 Å². The fourth-order valence-corrected chi connectivity index (χ4v) is 5.77. The zero-order valence-electron chi connectivity index (χ0n) is 18.9. The van der Waals surface area contributed by atoms with Gasteiger partial charge >= 0.3 is 0 Å². The van der Waals surface area contributed by atoms with Crippen LogP contribution in [0.25, 0.3) is 10.9 Å². The molecule has 30 heavy (non-hydrogen) atoms. The Balaban J connectivity index is 1.68. The summed E-state index contributed by atoms with van der Waals surface area (Å²) in [4.78, 5) is 29.9. The lowest BCUT2D eigenvalue weighted by Gasteiger charge is -2.46. The molecule has 2 heterocycles. The summed E-state index contributed by atoms with van der Waals surface area (Å²) >= 11 is 1.14. The molecule has 4 unspecified atom stereocenters. The number of fused-ring (bicyclic) bond motifs is 1. The normalized spacial score (nSPS) is 21.6. The zero-order valence-corrected chi connectivity index (χ0v) is 20.7. The summed E-state index contributed by atoms with van der Waals surface area (Å²) in [6, 6.07) is 11.5. The van der Waals surface area contributed by atoms with Crippen LogP contribution in [0.2, 0.25) is 18.1 Å². The van der Waals surface area contributed by atoms with Crippen molar-refractivity contribution >= 4 is 42.0 Å². The highest BCUT2D eigenvalue weighted by Gasteiger charge is 2.50. The second-order valence-electron chi connectivity index (χ2n) is 9.70. The minimum Gasteiger partial charge on any atom is -0.413 e. The Labute approximate surface area is 184 Å². The molecule has 162 valence electrons. The number of benzene rings is 1. The first kappa shape index (κ1) is 23.0. The van der Waals surface area contributed by atoms with Crippen LogP contribution in [0.5, 0.6) is 0 Å². The molecule has 1 amide bonds. The van der Waals surface area contributed by atoms with Gasteiger partial charge in [-0.15, -0.1) is 0 Å². The number of carbonyl (C=O) groups is 2. The molecule has 1 saturated heterocycles. The number of pyridine rings is 1. The van der Waals surface area contributed by atoms with Crippen molar-refractivity contribution in [2.75, 3.05) is 0 Å². The first-order chi connectivity index (χ1) is 13.9. The average molecular weight is 445 g/mol. The number of nitrogens with zero attached hydrogens (tertiary/aromatic N) is 1. The van der Waals surface area contributed by atoms with Crippen molar-refractivity contribution in [3.63, 3.8) is 0 Å². The Kier molecular flexibility index (Phi) is 6.46. The molecule has 4 atom stereocenters. The van der Waals surface area contributed by atoms with Crippen LogP contribution in [0.3, 0.4) is 0 Å². The van der Waals surface area contributed by atoms with Gasteiger partial charge in [-0.3, -0.25) is 9.59 Å². The summed E-state index contributed by atoms with van der Waals surface area (Å²) < 4.78 is 6.45. The van der Waals surface area contributed by atoms with E-state index in [2.05, 4.69) is 44.2 Å². The van der Waals surface area contributed by atoms with Crippen LogP contribution in [-0.4, -0.2) is 36.5 Å². The average Bonchev–Trinajstić information content (AvgIpc) is 2.63. The highest BCUT2D eigenvalue weighted by atomic mass is 32.2. The van der Waals surface area contributed by atoms with Crippen LogP contribution in [-0.2, 0) is 14.0 Å². The third-order valence-corrected chi connectivity index (χ3v) is 12.1. The summed E-state index contributed by atoms with van der Waals surface area (Å²) in [5.41, 5.74) is 0.870. The van der Waals surface area contributed by atoms with Crippen LogP contribution < -0.4 is 5.32 Å². The quantitative estimate of drug-likeness (QED) is 0.385. The summed E-state index contributed by atoms with van der Waals surface area (Å²) in [5, 5.41) is 4.73. The Morgan fingerprint density at radius 2 is 1.83 bits per heavy atom. The van der Waals surface area contributed by atoms with Gasteiger partial charge in [-0.1, -0.05) is 52.0 Å². The van der Waals surface area contributed by atoms with Crippen LogP contribution >= 0.6 is 11.8 Å². The summed E-state index contributed by atoms with van der Waals surface area (Å²) in [6.07, 6.45) is -0.219. The fourth-order valence-electron chi connectivity index (χ4n) is 3.52. The molecule has 7 heteroatoms. The molecule has 1 N–H and O–H groups in total. The molecule has 5 nitrogen and oxygen atoms in total. The Morgan fingerprint density at radius 1 is 1.17 bits per heavy atom. The van der Waals surface area contributed by atoms with Gasteiger partial charge in [0.05, 0.1) is 23.6 Å². The molecule has 1 aliphatic rings. The molecule has 0 aliphatic carbocycles. The highest BCUT2D eigenvalue weighted by molar-refractivity contribution is 8.13. The van der Waals surface area contributed by atoms with Gasteiger partial charge in [-0.2, -0.15) is 0 Å². The first-order valence-electron chi connectivity index (χ1n) is 10.5. The number of nitrogens with one attached hydrogen (secondary N) is 1. The highest BCUT2D eigenvalue weighted by Crippen LogP contribution is 2.40. The van der Waals surface area contributed by atoms with Crippen LogP contribution in [0.15, 0.2) is 41.4 Å². The van der Waals surface area contributed by atoms with Gasteiger partial charge in [-0.05, 0) is 49.0 Å². The Hall–Kier alpha value is -1.70. The number of β-lactam (4-membered cyclic amide) rings is 1. The molecule has 1 fully saturated rings. The number of hydrogen-bond donors (Lipinski definition) is 1. The van der Waals surface area contributed by atoms with Gasteiger partial charge in [0.2, 0.25) is 5.91 Å². The van der Waals surface area contributed by atoms with E-state index in [1.807, 2.05) is 50.2 Å². The largest absolute Gasteiger partial charge is 0.413 e. The molecule has 0 spiro atoms. The molecule has 0 radical (unpaired) electrons. The fraction of sp³-hybridized carbons (Fsp3) is 0.522. The van der Waals surface area contributed by atoms with Crippen molar-refractivity contribution in [2.45, 2.75) is 69.9 Å². The molecule has 0 bridgehead atoms. The maximum Gasteiger partial charge on any atom is 0.228 e. The van der Waals surface area contributed by atoms with Gasteiger partial charge < -0.3 is 9.74 Å². The van der Waals surface area contributed by atoms with E-state index < -0.39 is 8.32 Å². The number of rotatable bonds is 6. The molecule has 3 rings (SSSR count). The maximum atomic E-state index is 12.9. The standard InChI is InChI=1S/C23H32N2O3SSi/c1-14(22(27)29-18-13-12-16-10-8-9-11-17(16)24-18)20-19(21(26)25-20)15(2)28-30(6,7)23(3,4)5/h8-15,19-20H,1-7H3,(H,25,26). The first-order valence-corrected chi connectivity index (χ1v) is 14.2. The second kappa shape index (κ2) is 8.44. The van der Waals surface area contributed by atoms with Gasteiger partial charge in [0.25, 0.3) is 0 Å². The van der Waals surface area contributed by atoms with Crippen molar-refractivity contribution < 1.29 is 14.0 Å².